The first-order chi connectivity index (χ1) is 10.2. The van der Waals surface area contributed by atoms with E-state index in [1.807, 2.05) is 13.2 Å². The maximum atomic E-state index is 4.54. The molecule has 6 nitrogen and oxygen atoms in total. The van der Waals surface area contributed by atoms with Gasteiger partial charge < -0.3 is 10.2 Å². The van der Waals surface area contributed by atoms with Gasteiger partial charge in [-0.1, -0.05) is 6.42 Å². The number of anilines is 1. The quantitative estimate of drug-likeness (QED) is 0.928. The van der Waals surface area contributed by atoms with Crippen molar-refractivity contribution in [3.63, 3.8) is 0 Å². The molecule has 1 N–H and O–H groups in total. The molecule has 1 fully saturated rings. The van der Waals surface area contributed by atoms with E-state index in [0.29, 0.717) is 12.1 Å². The first-order valence-corrected chi connectivity index (χ1v) is 7.79. The molecule has 2 aromatic rings. The maximum absolute atomic E-state index is 4.54. The average Bonchev–Trinajstić information content (AvgIpc) is 2.87. The van der Waals surface area contributed by atoms with Gasteiger partial charge in [-0.15, -0.1) is 0 Å². The van der Waals surface area contributed by atoms with Crippen LogP contribution < -0.4 is 10.2 Å². The van der Waals surface area contributed by atoms with Gasteiger partial charge >= 0.3 is 0 Å². The molecule has 114 valence electrons. The summed E-state index contributed by atoms with van der Waals surface area (Å²) >= 11 is 0. The van der Waals surface area contributed by atoms with Crippen molar-refractivity contribution in [2.24, 2.45) is 7.05 Å². The van der Waals surface area contributed by atoms with Gasteiger partial charge in [-0.25, -0.2) is 9.97 Å². The molecule has 21 heavy (non-hydrogen) atoms. The number of hydrogen-bond acceptors (Lipinski definition) is 5. The first-order valence-electron chi connectivity index (χ1n) is 7.79. The Balaban J connectivity index is 1.91. The molecule has 0 aliphatic carbocycles. The Bertz CT molecular complexity index is 599. The van der Waals surface area contributed by atoms with Crippen molar-refractivity contribution in [2.45, 2.75) is 45.2 Å². The third kappa shape index (κ3) is 2.85. The van der Waals surface area contributed by atoms with Gasteiger partial charge in [-0.3, -0.25) is 4.68 Å². The van der Waals surface area contributed by atoms with Crippen molar-refractivity contribution < 1.29 is 0 Å². The van der Waals surface area contributed by atoms with Gasteiger partial charge in [0.05, 0.1) is 11.6 Å². The van der Waals surface area contributed by atoms with Crippen LogP contribution in [-0.4, -0.2) is 44.9 Å². The van der Waals surface area contributed by atoms with Crippen LogP contribution >= 0.6 is 0 Å². The van der Waals surface area contributed by atoms with E-state index in [1.54, 1.807) is 11.0 Å². The van der Waals surface area contributed by atoms with Crippen LogP contribution in [0, 0.1) is 0 Å². The smallest absolute Gasteiger partial charge is 0.163 e. The van der Waals surface area contributed by atoms with Crippen molar-refractivity contribution in [3.05, 3.63) is 12.5 Å². The summed E-state index contributed by atoms with van der Waals surface area (Å²) in [5.41, 5.74) is 0.891. The number of hydrogen-bond donors (Lipinski definition) is 1. The Morgan fingerprint density at radius 2 is 2.24 bits per heavy atom. The molecule has 2 aromatic heterocycles. The minimum atomic E-state index is 0.395. The van der Waals surface area contributed by atoms with Crippen LogP contribution in [0.25, 0.3) is 11.0 Å². The van der Waals surface area contributed by atoms with Crippen LogP contribution in [0.4, 0.5) is 5.82 Å². The van der Waals surface area contributed by atoms with Crippen LogP contribution in [0.1, 0.15) is 33.1 Å². The van der Waals surface area contributed by atoms with Crippen molar-refractivity contribution in [2.75, 3.05) is 18.0 Å². The van der Waals surface area contributed by atoms with Gasteiger partial charge in [0, 0.05) is 25.7 Å². The summed E-state index contributed by atoms with van der Waals surface area (Å²) in [6.07, 6.45) is 7.36. The Labute approximate surface area is 125 Å². The average molecular weight is 288 g/mol. The Morgan fingerprint density at radius 1 is 1.38 bits per heavy atom. The molecule has 1 atom stereocenters. The lowest BCUT2D eigenvalue weighted by Gasteiger charge is -2.34. The molecule has 1 unspecified atom stereocenters. The molecule has 1 saturated heterocycles. The SMILES string of the molecule is CC(C)N(CC1CCCCN1)c1ncnc2c1cnn2C. The van der Waals surface area contributed by atoms with Crippen LogP contribution in [0.3, 0.4) is 0 Å². The van der Waals surface area contributed by atoms with Gasteiger partial charge in [0.25, 0.3) is 0 Å². The van der Waals surface area contributed by atoms with Gasteiger partial charge in [-0.05, 0) is 33.2 Å². The molecule has 0 amide bonds. The second kappa shape index (κ2) is 5.97. The van der Waals surface area contributed by atoms with E-state index in [2.05, 4.69) is 39.1 Å². The summed E-state index contributed by atoms with van der Waals surface area (Å²) in [4.78, 5) is 11.2. The van der Waals surface area contributed by atoms with Crippen LogP contribution in [0.2, 0.25) is 0 Å². The zero-order valence-corrected chi connectivity index (χ0v) is 13.1. The van der Waals surface area contributed by atoms with Gasteiger partial charge in [0.2, 0.25) is 0 Å². The number of nitrogens with zero attached hydrogens (tertiary/aromatic N) is 5. The number of nitrogens with one attached hydrogen (secondary N) is 1. The van der Waals surface area contributed by atoms with E-state index >= 15 is 0 Å². The van der Waals surface area contributed by atoms with Gasteiger partial charge in [0.15, 0.2) is 5.65 Å². The Hall–Kier alpha value is -1.69. The second-order valence-corrected chi connectivity index (χ2v) is 6.10. The van der Waals surface area contributed by atoms with E-state index in [1.165, 1.54) is 19.3 Å². The zero-order chi connectivity index (χ0) is 14.8. The van der Waals surface area contributed by atoms with Gasteiger partial charge in [0.1, 0.15) is 12.1 Å². The van der Waals surface area contributed by atoms with E-state index in [4.69, 9.17) is 0 Å². The summed E-state index contributed by atoms with van der Waals surface area (Å²) in [5, 5.41) is 8.97. The highest BCUT2D eigenvalue weighted by Gasteiger charge is 2.22. The molecule has 0 aromatic carbocycles. The fourth-order valence-electron chi connectivity index (χ4n) is 3.04. The molecule has 0 saturated carbocycles. The van der Waals surface area contributed by atoms with E-state index in [9.17, 15) is 0 Å². The van der Waals surface area contributed by atoms with Crippen molar-refractivity contribution in [1.82, 2.24) is 25.1 Å². The highest BCUT2D eigenvalue weighted by Crippen LogP contribution is 2.24. The largest absolute Gasteiger partial charge is 0.352 e. The lowest BCUT2D eigenvalue weighted by molar-refractivity contribution is 0.393. The number of aryl methyl sites for hydroxylation is 1. The second-order valence-electron chi connectivity index (χ2n) is 6.10. The predicted octanol–water partition coefficient (Wildman–Crippen LogP) is 1.72. The minimum Gasteiger partial charge on any atom is -0.352 e. The third-order valence-electron chi connectivity index (χ3n) is 4.23. The number of aromatic nitrogens is 4. The van der Waals surface area contributed by atoms with E-state index in [-0.39, 0.29) is 0 Å². The molecule has 0 bridgehead atoms. The Kier molecular flexibility index (Phi) is 4.05. The summed E-state index contributed by atoms with van der Waals surface area (Å²) in [5.74, 6) is 0.996. The highest BCUT2D eigenvalue weighted by atomic mass is 15.3. The van der Waals surface area contributed by atoms with Crippen molar-refractivity contribution in [1.29, 1.82) is 0 Å². The van der Waals surface area contributed by atoms with Crippen LogP contribution in [0.5, 0.6) is 0 Å². The minimum absolute atomic E-state index is 0.395. The molecule has 1 aliphatic heterocycles. The van der Waals surface area contributed by atoms with E-state index < -0.39 is 0 Å². The zero-order valence-electron chi connectivity index (χ0n) is 13.1. The number of fused-ring (bicyclic) bond motifs is 1. The third-order valence-corrected chi connectivity index (χ3v) is 4.23. The molecular formula is C15H24N6. The maximum Gasteiger partial charge on any atom is 0.163 e. The van der Waals surface area contributed by atoms with Crippen molar-refractivity contribution >= 4 is 16.9 Å². The lowest BCUT2D eigenvalue weighted by Crippen LogP contribution is -2.46. The first kappa shape index (κ1) is 14.3. The number of rotatable bonds is 4. The standard InChI is InChI=1S/C15H24N6/c1-11(2)21(9-12-6-4-5-7-16-12)15-13-8-19-20(3)14(13)17-10-18-15/h8,10-12,16H,4-7,9H2,1-3H3. The van der Waals surface area contributed by atoms with E-state index in [0.717, 1.165) is 29.9 Å². The normalized spacial score (nSPS) is 19.3. The summed E-state index contributed by atoms with van der Waals surface area (Å²) in [6.45, 7) is 6.54. The topological polar surface area (TPSA) is 58.9 Å². The molecule has 3 rings (SSSR count). The van der Waals surface area contributed by atoms with Gasteiger partial charge in [-0.2, -0.15) is 5.10 Å². The molecular weight excluding hydrogens is 264 g/mol. The molecule has 6 heteroatoms. The molecule has 3 heterocycles. The monoisotopic (exact) mass is 288 g/mol. The molecule has 1 aliphatic rings. The predicted molar refractivity (Wildman–Crippen MR) is 84.4 cm³/mol. The summed E-state index contributed by atoms with van der Waals surface area (Å²) in [7, 11) is 1.92. The summed E-state index contributed by atoms with van der Waals surface area (Å²) in [6, 6.07) is 0.940. The molecule has 0 radical (unpaired) electrons. The van der Waals surface area contributed by atoms with Crippen LogP contribution in [-0.2, 0) is 7.05 Å². The number of piperidine rings is 1. The van der Waals surface area contributed by atoms with Crippen LogP contribution in [0.15, 0.2) is 12.5 Å². The highest BCUT2D eigenvalue weighted by molar-refractivity contribution is 5.86. The molecule has 0 spiro atoms. The van der Waals surface area contributed by atoms with Crippen molar-refractivity contribution in [3.8, 4) is 0 Å². The fourth-order valence-corrected chi connectivity index (χ4v) is 3.04. The lowest BCUT2D eigenvalue weighted by atomic mass is 10.0. The summed E-state index contributed by atoms with van der Waals surface area (Å²) < 4.78 is 1.80. The Morgan fingerprint density at radius 3 is 2.95 bits per heavy atom. The fraction of sp³-hybridized carbons (Fsp3) is 0.667.